The molecule has 3 aromatic rings. The largest absolute Gasteiger partial charge is 0.508 e. The molecular weight excluding hydrogens is 310 g/mol. The summed E-state index contributed by atoms with van der Waals surface area (Å²) in [5, 5.41) is 18.7. The molecule has 0 bridgehead atoms. The quantitative estimate of drug-likeness (QED) is 0.689. The van der Waals surface area contributed by atoms with E-state index in [1.54, 1.807) is 12.1 Å². The van der Waals surface area contributed by atoms with Gasteiger partial charge in [0.25, 0.3) is 0 Å². The molecular formula is C22H23NO2. The lowest BCUT2D eigenvalue weighted by atomic mass is 10.1. The maximum atomic E-state index is 9.61. The first-order valence-electron chi connectivity index (χ1n) is 8.44. The zero-order valence-corrected chi connectivity index (χ0v) is 14.6. The van der Waals surface area contributed by atoms with Crippen molar-refractivity contribution in [3.63, 3.8) is 0 Å². The molecule has 0 aromatic heterocycles. The van der Waals surface area contributed by atoms with Crippen LogP contribution in [0.25, 0.3) is 0 Å². The number of hydrogen-bond donors (Lipinski definition) is 2. The van der Waals surface area contributed by atoms with Crippen LogP contribution in [0.3, 0.4) is 0 Å². The van der Waals surface area contributed by atoms with E-state index < -0.39 is 0 Å². The molecule has 0 unspecified atom stereocenters. The first kappa shape index (κ1) is 17.1. The fraction of sp³-hybridized carbons (Fsp3) is 0.182. The molecule has 3 nitrogen and oxygen atoms in total. The molecule has 0 amide bonds. The van der Waals surface area contributed by atoms with Crippen LogP contribution in [0.2, 0.25) is 0 Å². The first-order valence-corrected chi connectivity index (χ1v) is 8.44. The second-order valence-electron chi connectivity index (χ2n) is 6.26. The van der Waals surface area contributed by atoms with Gasteiger partial charge in [-0.1, -0.05) is 18.2 Å². The van der Waals surface area contributed by atoms with Crippen LogP contribution in [0.1, 0.15) is 16.7 Å². The van der Waals surface area contributed by atoms with Gasteiger partial charge >= 0.3 is 0 Å². The van der Waals surface area contributed by atoms with Gasteiger partial charge in [-0.2, -0.15) is 0 Å². The highest BCUT2D eigenvalue weighted by atomic mass is 16.3. The van der Waals surface area contributed by atoms with E-state index in [2.05, 4.69) is 49.1 Å². The lowest BCUT2D eigenvalue weighted by Crippen LogP contribution is -2.10. The Balaban J connectivity index is 2.07. The average Bonchev–Trinajstić information content (AvgIpc) is 2.62. The molecule has 25 heavy (non-hydrogen) atoms. The molecule has 0 fully saturated rings. The summed E-state index contributed by atoms with van der Waals surface area (Å²) >= 11 is 0. The van der Waals surface area contributed by atoms with Gasteiger partial charge in [-0.3, -0.25) is 0 Å². The number of aliphatic hydroxyl groups is 1. The summed E-state index contributed by atoms with van der Waals surface area (Å²) in [6, 6.07) is 21.8. The Bertz CT molecular complexity index is 839. The zero-order chi connectivity index (χ0) is 17.8. The van der Waals surface area contributed by atoms with Gasteiger partial charge in [-0.05, 0) is 85.5 Å². The molecule has 0 aliphatic carbocycles. The third-order valence-electron chi connectivity index (χ3n) is 4.45. The Morgan fingerprint density at radius 3 is 1.84 bits per heavy atom. The van der Waals surface area contributed by atoms with Crippen molar-refractivity contribution < 1.29 is 10.2 Å². The summed E-state index contributed by atoms with van der Waals surface area (Å²) in [6.45, 7) is 4.37. The molecule has 3 aromatic carbocycles. The van der Waals surface area contributed by atoms with Crippen molar-refractivity contribution in [1.29, 1.82) is 0 Å². The normalized spacial score (nSPS) is 10.7. The maximum Gasteiger partial charge on any atom is 0.115 e. The Labute approximate surface area is 148 Å². The topological polar surface area (TPSA) is 43.7 Å². The van der Waals surface area contributed by atoms with Gasteiger partial charge in [0, 0.05) is 23.7 Å². The number of hydrogen-bond acceptors (Lipinski definition) is 3. The van der Waals surface area contributed by atoms with E-state index in [4.69, 9.17) is 5.11 Å². The third kappa shape index (κ3) is 3.83. The molecule has 0 aliphatic rings. The second kappa shape index (κ2) is 7.41. The number of aryl methyl sites for hydroxylation is 2. The summed E-state index contributed by atoms with van der Waals surface area (Å²) in [5.74, 6) is 0.252. The fourth-order valence-electron chi connectivity index (χ4n) is 2.85. The van der Waals surface area contributed by atoms with Gasteiger partial charge in [0.1, 0.15) is 5.75 Å². The van der Waals surface area contributed by atoms with Crippen molar-refractivity contribution in [2.45, 2.75) is 20.3 Å². The fourth-order valence-corrected chi connectivity index (χ4v) is 2.85. The Morgan fingerprint density at radius 1 is 0.720 bits per heavy atom. The SMILES string of the molecule is Cc1ccc(N(c2ccc(O)cc2)c2ccc(CCO)cc2)cc1C. The van der Waals surface area contributed by atoms with Gasteiger partial charge < -0.3 is 15.1 Å². The summed E-state index contributed by atoms with van der Waals surface area (Å²) in [4.78, 5) is 2.16. The van der Waals surface area contributed by atoms with Gasteiger partial charge in [0.05, 0.1) is 0 Å². The minimum atomic E-state index is 0.151. The number of nitrogens with zero attached hydrogens (tertiary/aromatic N) is 1. The van der Waals surface area contributed by atoms with Crippen LogP contribution in [0.15, 0.2) is 66.7 Å². The number of aromatic hydroxyl groups is 1. The summed E-state index contributed by atoms with van der Waals surface area (Å²) in [5.41, 5.74) is 6.69. The molecule has 0 saturated heterocycles. The number of phenols is 1. The predicted molar refractivity (Wildman–Crippen MR) is 103 cm³/mol. The third-order valence-corrected chi connectivity index (χ3v) is 4.45. The summed E-state index contributed by atoms with van der Waals surface area (Å²) in [6.07, 6.45) is 0.656. The highest BCUT2D eigenvalue weighted by Gasteiger charge is 2.13. The monoisotopic (exact) mass is 333 g/mol. The average molecular weight is 333 g/mol. The molecule has 0 atom stereocenters. The Kier molecular flexibility index (Phi) is 5.05. The highest BCUT2D eigenvalue weighted by Crippen LogP contribution is 2.36. The minimum Gasteiger partial charge on any atom is -0.508 e. The van der Waals surface area contributed by atoms with Crippen LogP contribution in [0, 0.1) is 13.8 Å². The van der Waals surface area contributed by atoms with Crippen LogP contribution in [-0.2, 0) is 6.42 Å². The molecule has 0 saturated carbocycles. The van der Waals surface area contributed by atoms with Crippen molar-refractivity contribution >= 4 is 17.1 Å². The van der Waals surface area contributed by atoms with Gasteiger partial charge in [-0.15, -0.1) is 0 Å². The Hall–Kier alpha value is -2.78. The summed E-state index contributed by atoms with van der Waals surface area (Å²) in [7, 11) is 0. The summed E-state index contributed by atoms with van der Waals surface area (Å²) < 4.78 is 0. The van der Waals surface area contributed by atoms with Crippen LogP contribution in [0.4, 0.5) is 17.1 Å². The molecule has 0 aliphatic heterocycles. The zero-order valence-electron chi connectivity index (χ0n) is 14.6. The van der Waals surface area contributed by atoms with Gasteiger partial charge in [0.2, 0.25) is 0 Å². The van der Waals surface area contributed by atoms with Crippen LogP contribution >= 0.6 is 0 Å². The van der Waals surface area contributed by atoms with Crippen molar-refractivity contribution in [2.24, 2.45) is 0 Å². The van der Waals surface area contributed by atoms with Gasteiger partial charge in [0.15, 0.2) is 0 Å². The lowest BCUT2D eigenvalue weighted by Gasteiger charge is -2.26. The van der Waals surface area contributed by atoms with Crippen LogP contribution in [-0.4, -0.2) is 16.8 Å². The number of phenolic OH excluding ortho intramolecular Hbond substituents is 1. The van der Waals surface area contributed by atoms with Crippen molar-refractivity contribution in [3.8, 4) is 5.75 Å². The van der Waals surface area contributed by atoms with Gasteiger partial charge in [-0.25, -0.2) is 0 Å². The first-order chi connectivity index (χ1) is 12.1. The molecule has 3 rings (SSSR count). The highest BCUT2D eigenvalue weighted by molar-refractivity contribution is 5.77. The number of anilines is 3. The van der Waals surface area contributed by atoms with E-state index in [1.807, 2.05) is 24.3 Å². The molecule has 128 valence electrons. The van der Waals surface area contributed by atoms with E-state index in [0.717, 1.165) is 22.6 Å². The number of aliphatic hydroxyl groups excluding tert-OH is 1. The van der Waals surface area contributed by atoms with Crippen molar-refractivity contribution in [3.05, 3.63) is 83.4 Å². The van der Waals surface area contributed by atoms with E-state index >= 15 is 0 Å². The minimum absolute atomic E-state index is 0.151. The molecule has 0 spiro atoms. The molecule has 2 N–H and O–H groups in total. The standard InChI is InChI=1S/C22H23NO2/c1-16-3-6-21(15-17(16)2)23(20-9-11-22(25)12-10-20)19-7-4-18(5-8-19)13-14-24/h3-12,15,24-25H,13-14H2,1-2H3. The number of benzene rings is 3. The predicted octanol–water partition coefficient (Wildman–Crippen LogP) is 5.01. The van der Waals surface area contributed by atoms with E-state index in [9.17, 15) is 5.11 Å². The smallest absolute Gasteiger partial charge is 0.115 e. The van der Waals surface area contributed by atoms with E-state index in [0.29, 0.717) is 6.42 Å². The van der Waals surface area contributed by atoms with Crippen molar-refractivity contribution in [2.75, 3.05) is 11.5 Å². The molecule has 3 heteroatoms. The number of rotatable bonds is 5. The van der Waals surface area contributed by atoms with Crippen LogP contribution < -0.4 is 4.90 Å². The van der Waals surface area contributed by atoms with E-state index in [1.165, 1.54) is 11.1 Å². The molecule has 0 heterocycles. The van der Waals surface area contributed by atoms with Crippen molar-refractivity contribution in [1.82, 2.24) is 0 Å². The second-order valence-corrected chi connectivity index (χ2v) is 6.26. The maximum absolute atomic E-state index is 9.61. The lowest BCUT2D eigenvalue weighted by molar-refractivity contribution is 0.299. The van der Waals surface area contributed by atoms with E-state index in [-0.39, 0.29) is 12.4 Å². The molecule has 0 radical (unpaired) electrons. The Morgan fingerprint density at radius 2 is 1.28 bits per heavy atom. The van der Waals surface area contributed by atoms with Crippen LogP contribution in [0.5, 0.6) is 5.75 Å².